The number of primary amides is 1. The van der Waals surface area contributed by atoms with Gasteiger partial charge in [0.1, 0.15) is 24.2 Å². The first-order valence-corrected chi connectivity index (χ1v) is 13.3. The fourth-order valence-electron chi connectivity index (χ4n) is 3.68. The van der Waals surface area contributed by atoms with Crippen molar-refractivity contribution in [1.82, 2.24) is 20.9 Å². The average Bonchev–Trinajstić information content (AvgIpc) is 3.30. The Labute approximate surface area is 223 Å². The molecule has 0 spiro atoms. The molecule has 10 N–H and O–H groups in total. The van der Waals surface area contributed by atoms with Gasteiger partial charge in [-0.25, -0.2) is 4.79 Å². The van der Waals surface area contributed by atoms with Crippen LogP contribution in [0.15, 0.2) is 30.5 Å². The van der Waals surface area contributed by atoms with E-state index in [1.54, 1.807) is 6.20 Å². The Balaban J connectivity index is 2.31. The molecule has 0 saturated carbocycles. The van der Waals surface area contributed by atoms with Gasteiger partial charge in [0.15, 0.2) is 0 Å². The number of para-hydroxylation sites is 1. The molecular weight excluding hydrogens is 516 g/mol. The standard InChI is InChI=1S/C24H34N6O7S/c1-38-9-8-17(28-21(33)15(25)12-31)22(34)30-19(10-13-11-27-16-5-3-2-4-14(13)16)23(35)29-18(24(36)37)6-7-20(26)32/h2-5,11,15,17-19,27,31H,6-10,12,25H2,1H3,(H2,26,32)(H,28,33)(H,29,35)(H,30,34)(H,36,37). The number of benzene rings is 1. The van der Waals surface area contributed by atoms with Gasteiger partial charge < -0.3 is 42.6 Å². The Morgan fingerprint density at radius 3 is 2.24 bits per heavy atom. The maximum absolute atomic E-state index is 13.3. The van der Waals surface area contributed by atoms with E-state index in [9.17, 15) is 29.1 Å². The third kappa shape index (κ3) is 9.04. The fraction of sp³-hybridized carbons (Fsp3) is 0.458. The van der Waals surface area contributed by atoms with Gasteiger partial charge >= 0.3 is 5.97 Å². The first-order valence-electron chi connectivity index (χ1n) is 11.9. The maximum atomic E-state index is 13.3. The molecule has 1 aromatic heterocycles. The van der Waals surface area contributed by atoms with Gasteiger partial charge in [-0.15, -0.1) is 0 Å². The Kier molecular flexibility index (Phi) is 12.0. The Hall–Kier alpha value is -3.62. The number of aromatic amines is 1. The summed E-state index contributed by atoms with van der Waals surface area (Å²) >= 11 is 1.44. The molecule has 0 aliphatic carbocycles. The van der Waals surface area contributed by atoms with Gasteiger partial charge in [0.25, 0.3) is 0 Å². The molecule has 0 fully saturated rings. The lowest BCUT2D eigenvalue weighted by molar-refractivity contribution is -0.142. The van der Waals surface area contributed by atoms with Crippen LogP contribution in [0, 0.1) is 0 Å². The summed E-state index contributed by atoms with van der Waals surface area (Å²) in [6, 6.07) is 2.40. The number of carboxylic acids is 1. The smallest absolute Gasteiger partial charge is 0.326 e. The number of H-pyrrole nitrogens is 1. The van der Waals surface area contributed by atoms with E-state index in [2.05, 4.69) is 20.9 Å². The molecule has 1 heterocycles. The molecule has 14 heteroatoms. The minimum absolute atomic E-state index is 0.00307. The number of hydrogen-bond donors (Lipinski definition) is 8. The number of nitrogens with two attached hydrogens (primary N) is 2. The van der Waals surface area contributed by atoms with Gasteiger partial charge in [0, 0.05) is 29.9 Å². The van der Waals surface area contributed by atoms with E-state index < -0.39 is 60.4 Å². The minimum atomic E-state index is -1.41. The van der Waals surface area contributed by atoms with Gasteiger partial charge in [-0.1, -0.05) is 18.2 Å². The molecule has 4 unspecified atom stereocenters. The number of rotatable bonds is 16. The van der Waals surface area contributed by atoms with E-state index in [0.29, 0.717) is 11.3 Å². The van der Waals surface area contributed by atoms with Crippen LogP contribution >= 0.6 is 11.8 Å². The van der Waals surface area contributed by atoms with Gasteiger partial charge in [-0.3, -0.25) is 19.2 Å². The molecule has 0 aliphatic rings. The van der Waals surface area contributed by atoms with Crippen LogP contribution < -0.4 is 27.4 Å². The molecule has 1 aromatic carbocycles. The summed E-state index contributed by atoms with van der Waals surface area (Å²) in [5.41, 5.74) is 12.2. The van der Waals surface area contributed by atoms with Crippen LogP contribution in [-0.2, 0) is 30.4 Å². The van der Waals surface area contributed by atoms with E-state index >= 15 is 0 Å². The van der Waals surface area contributed by atoms with Crippen LogP contribution in [0.2, 0.25) is 0 Å². The lowest BCUT2D eigenvalue weighted by Crippen LogP contribution is -2.58. The molecule has 13 nitrogen and oxygen atoms in total. The van der Waals surface area contributed by atoms with Crippen molar-refractivity contribution in [2.75, 3.05) is 18.6 Å². The second kappa shape index (κ2) is 15.0. The van der Waals surface area contributed by atoms with Gasteiger partial charge in [-0.2, -0.15) is 11.8 Å². The normalized spacial score (nSPS) is 14.2. The van der Waals surface area contributed by atoms with E-state index in [4.69, 9.17) is 16.6 Å². The number of aliphatic carboxylic acids is 1. The highest BCUT2D eigenvalue weighted by Gasteiger charge is 2.31. The number of fused-ring (bicyclic) bond motifs is 1. The zero-order valence-electron chi connectivity index (χ0n) is 20.9. The third-order valence-corrected chi connectivity index (χ3v) is 6.45. The number of hydrogen-bond acceptors (Lipinski definition) is 8. The molecule has 4 atom stereocenters. The lowest BCUT2D eigenvalue weighted by atomic mass is 10.0. The number of amides is 4. The molecule has 2 rings (SSSR count). The first-order chi connectivity index (χ1) is 18.1. The zero-order chi connectivity index (χ0) is 28.2. The van der Waals surface area contributed by atoms with Crippen molar-refractivity contribution in [3.63, 3.8) is 0 Å². The van der Waals surface area contributed by atoms with Crippen molar-refractivity contribution in [2.45, 2.75) is 49.9 Å². The topological polar surface area (TPSA) is 230 Å². The van der Waals surface area contributed by atoms with Crippen molar-refractivity contribution in [3.05, 3.63) is 36.0 Å². The minimum Gasteiger partial charge on any atom is -0.480 e. The quantitative estimate of drug-likeness (QED) is 0.122. The second-order valence-corrected chi connectivity index (χ2v) is 9.65. The summed E-state index contributed by atoms with van der Waals surface area (Å²) in [5.74, 6) is -3.78. The van der Waals surface area contributed by atoms with Crippen LogP contribution in [0.3, 0.4) is 0 Å². The zero-order valence-corrected chi connectivity index (χ0v) is 21.8. The highest BCUT2D eigenvalue weighted by Crippen LogP contribution is 2.19. The highest BCUT2D eigenvalue weighted by molar-refractivity contribution is 7.98. The summed E-state index contributed by atoms with van der Waals surface area (Å²) in [7, 11) is 0. The number of aromatic nitrogens is 1. The number of carbonyl (C=O) groups is 5. The van der Waals surface area contributed by atoms with Crippen LogP contribution in [0.4, 0.5) is 0 Å². The Bertz CT molecular complexity index is 1140. The van der Waals surface area contributed by atoms with Crippen molar-refractivity contribution in [3.8, 4) is 0 Å². The summed E-state index contributed by atoms with van der Waals surface area (Å²) in [6.07, 6.45) is 3.24. The van der Waals surface area contributed by atoms with Crippen molar-refractivity contribution < 1.29 is 34.2 Å². The third-order valence-electron chi connectivity index (χ3n) is 5.80. The molecule has 4 amide bonds. The predicted molar refractivity (Wildman–Crippen MR) is 142 cm³/mol. The number of carboxylic acid groups (broad SMARTS) is 1. The Morgan fingerprint density at radius 2 is 1.61 bits per heavy atom. The molecule has 0 bridgehead atoms. The van der Waals surface area contributed by atoms with Crippen molar-refractivity contribution >= 4 is 52.3 Å². The highest BCUT2D eigenvalue weighted by atomic mass is 32.2. The lowest BCUT2D eigenvalue weighted by Gasteiger charge is -2.25. The average molecular weight is 551 g/mol. The summed E-state index contributed by atoms with van der Waals surface area (Å²) in [5, 5.41) is 27.0. The molecule has 2 aromatic rings. The first kappa shape index (κ1) is 30.6. The molecule has 0 radical (unpaired) electrons. The predicted octanol–water partition coefficient (Wildman–Crippen LogP) is -1.41. The maximum Gasteiger partial charge on any atom is 0.326 e. The van der Waals surface area contributed by atoms with Crippen LogP contribution in [0.1, 0.15) is 24.8 Å². The van der Waals surface area contributed by atoms with E-state index in [-0.39, 0.29) is 25.7 Å². The number of aliphatic hydroxyl groups is 1. The SMILES string of the molecule is CSCCC(NC(=O)C(N)CO)C(=O)NC(Cc1c[nH]c2ccccc12)C(=O)NC(CCC(N)=O)C(=O)O. The van der Waals surface area contributed by atoms with E-state index in [1.165, 1.54) is 11.8 Å². The van der Waals surface area contributed by atoms with Crippen LogP contribution in [0.25, 0.3) is 10.9 Å². The van der Waals surface area contributed by atoms with Crippen LogP contribution in [0.5, 0.6) is 0 Å². The number of aliphatic hydroxyl groups excluding tert-OH is 1. The second-order valence-electron chi connectivity index (χ2n) is 8.66. The molecule has 38 heavy (non-hydrogen) atoms. The largest absolute Gasteiger partial charge is 0.480 e. The van der Waals surface area contributed by atoms with E-state index in [0.717, 1.165) is 10.9 Å². The molecular formula is C24H34N6O7S. The van der Waals surface area contributed by atoms with Gasteiger partial charge in [0.05, 0.1) is 6.61 Å². The monoisotopic (exact) mass is 550 g/mol. The van der Waals surface area contributed by atoms with Crippen LogP contribution in [-0.4, -0.2) is 87.6 Å². The number of nitrogens with one attached hydrogen (secondary N) is 4. The number of thioether (sulfide) groups is 1. The molecule has 208 valence electrons. The van der Waals surface area contributed by atoms with Gasteiger partial charge in [0.2, 0.25) is 23.6 Å². The van der Waals surface area contributed by atoms with Crippen molar-refractivity contribution in [2.24, 2.45) is 11.5 Å². The fourth-order valence-corrected chi connectivity index (χ4v) is 4.16. The molecule has 0 aliphatic heterocycles. The van der Waals surface area contributed by atoms with Crippen molar-refractivity contribution in [1.29, 1.82) is 0 Å². The Morgan fingerprint density at radius 1 is 0.974 bits per heavy atom. The van der Waals surface area contributed by atoms with Gasteiger partial charge in [-0.05, 0) is 36.5 Å². The summed E-state index contributed by atoms with van der Waals surface area (Å²) in [4.78, 5) is 64.7. The number of carbonyl (C=O) groups excluding carboxylic acids is 4. The molecule has 0 saturated heterocycles. The van der Waals surface area contributed by atoms with E-state index in [1.807, 2.05) is 30.5 Å². The summed E-state index contributed by atoms with van der Waals surface area (Å²) < 4.78 is 0. The summed E-state index contributed by atoms with van der Waals surface area (Å²) in [6.45, 7) is -0.615.